The minimum absolute atomic E-state index is 0.0341. The number of aromatic carboxylic acids is 1. The molecule has 2 rings (SSSR count). The molecular formula is C24H34O8. The van der Waals surface area contributed by atoms with E-state index in [1.54, 1.807) is 0 Å². The number of benzene rings is 1. The molecule has 0 unspecified atom stereocenters. The van der Waals surface area contributed by atoms with Gasteiger partial charge in [0, 0.05) is 19.4 Å². The first-order valence-electron chi connectivity index (χ1n) is 11.1. The molecule has 0 amide bonds. The third-order valence-electron chi connectivity index (χ3n) is 6.29. The Morgan fingerprint density at radius 1 is 1.03 bits per heavy atom. The fraction of sp³-hybridized carbons (Fsp3) is 0.625. The first-order valence-corrected chi connectivity index (χ1v) is 11.1. The number of phenolic OH excluding ortho intramolecular Hbond substituents is 1. The molecule has 32 heavy (non-hydrogen) atoms. The molecule has 4 atom stereocenters. The Morgan fingerprint density at radius 3 is 2.25 bits per heavy atom. The van der Waals surface area contributed by atoms with Crippen LogP contribution in [0.2, 0.25) is 0 Å². The van der Waals surface area contributed by atoms with Crippen LogP contribution in [-0.4, -0.2) is 46.4 Å². The highest BCUT2D eigenvalue weighted by Crippen LogP contribution is 2.50. The smallest absolute Gasteiger partial charge is 0.339 e. The van der Waals surface area contributed by atoms with Gasteiger partial charge in [-0.1, -0.05) is 20.3 Å². The number of rotatable bonds is 10. The lowest BCUT2D eigenvalue weighted by Crippen LogP contribution is -2.25. The van der Waals surface area contributed by atoms with Crippen molar-refractivity contribution in [1.82, 2.24) is 0 Å². The van der Waals surface area contributed by atoms with Crippen LogP contribution in [0, 0.1) is 11.8 Å². The number of hydrogen-bond donors (Lipinski definition) is 3. The van der Waals surface area contributed by atoms with Crippen LogP contribution in [0.15, 0.2) is 6.07 Å². The number of carboxylic acid groups (broad SMARTS) is 1. The summed E-state index contributed by atoms with van der Waals surface area (Å²) in [5.74, 6) is -3.03. The first kappa shape index (κ1) is 25.5. The second kappa shape index (κ2) is 11.2. The van der Waals surface area contributed by atoms with Crippen molar-refractivity contribution in [2.45, 2.75) is 71.6 Å². The van der Waals surface area contributed by atoms with Crippen molar-refractivity contribution in [1.29, 1.82) is 0 Å². The van der Waals surface area contributed by atoms with Gasteiger partial charge >= 0.3 is 17.9 Å². The standard InChI is InChI=1S/C24H34O8/c1-13(11-31-15(3)25)6-5-7-17(12-32-16(4)26)18-9-8-14(2)21-19(18)10-20(24(29)30)22(27)23(21)28/h10,13-14,17-18,27-28H,5-9,11-12H2,1-4H3,(H,29,30)/t13-,14-,17+,18-/m0/s1. The zero-order valence-electron chi connectivity index (χ0n) is 19.2. The van der Waals surface area contributed by atoms with Gasteiger partial charge in [-0.25, -0.2) is 4.79 Å². The quantitative estimate of drug-likeness (QED) is 0.355. The fourth-order valence-electron chi connectivity index (χ4n) is 4.60. The maximum atomic E-state index is 11.6. The van der Waals surface area contributed by atoms with E-state index in [1.807, 2.05) is 13.8 Å². The van der Waals surface area contributed by atoms with Gasteiger partial charge in [0.1, 0.15) is 5.56 Å². The third kappa shape index (κ3) is 6.37. The Balaban J connectivity index is 2.28. The molecule has 0 saturated carbocycles. The Kier molecular flexibility index (Phi) is 8.92. The number of carbonyl (C=O) groups excluding carboxylic acids is 2. The summed E-state index contributed by atoms with van der Waals surface area (Å²) in [5, 5.41) is 30.2. The van der Waals surface area contributed by atoms with E-state index in [0.29, 0.717) is 17.7 Å². The van der Waals surface area contributed by atoms with Crippen LogP contribution < -0.4 is 0 Å². The lowest BCUT2D eigenvalue weighted by Gasteiger charge is -2.36. The van der Waals surface area contributed by atoms with Gasteiger partial charge < -0.3 is 24.8 Å². The molecule has 8 nitrogen and oxygen atoms in total. The minimum Gasteiger partial charge on any atom is -0.504 e. The van der Waals surface area contributed by atoms with E-state index >= 15 is 0 Å². The lowest BCUT2D eigenvalue weighted by molar-refractivity contribution is -0.143. The Labute approximate surface area is 188 Å². The van der Waals surface area contributed by atoms with Crippen LogP contribution in [-0.2, 0) is 19.1 Å². The van der Waals surface area contributed by atoms with Gasteiger partial charge in [-0.05, 0) is 61.0 Å². The van der Waals surface area contributed by atoms with Crippen LogP contribution >= 0.6 is 0 Å². The normalized spacial score (nSPS) is 19.5. The van der Waals surface area contributed by atoms with Crippen LogP contribution in [0.3, 0.4) is 0 Å². The number of aromatic hydroxyl groups is 2. The summed E-state index contributed by atoms with van der Waals surface area (Å²) in [6.45, 7) is 7.20. The zero-order chi connectivity index (χ0) is 24.0. The second-order valence-electron chi connectivity index (χ2n) is 8.92. The van der Waals surface area contributed by atoms with E-state index in [1.165, 1.54) is 19.9 Å². The molecule has 0 aliphatic heterocycles. The topological polar surface area (TPSA) is 130 Å². The van der Waals surface area contributed by atoms with Crippen molar-refractivity contribution in [3.05, 3.63) is 22.8 Å². The molecule has 0 spiro atoms. The van der Waals surface area contributed by atoms with Gasteiger partial charge in [-0.3, -0.25) is 9.59 Å². The molecule has 0 fully saturated rings. The van der Waals surface area contributed by atoms with Crippen LogP contribution in [0.1, 0.15) is 93.1 Å². The molecule has 0 bridgehead atoms. The van der Waals surface area contributed by atoms with Gasteiger partial charge in [-0.15, -0.1) is 0 Å². The van der Waals surface area contributed by atoms with E-state index in [2.05, 4.69) is 0 Å². The fourth-order valence-corrected chi connectivity index (χ4v) is 4.60. The maximum Gasteiger partial charge on any atom is 0.339 e. The summed E-state index contributed by atoms with van der Waals surface area (Å²) >= 11 is 0. The summed E-state index contributed by atoms with van der Waals surface area (Å²) < 4.78 is 10.4. The van der Waals surface area contributed by atoms with Crippen LogP contribution in [0.4, 0.5) is 0 Å². The average Bonchev–Trinajstić information content (AvgIpc) is 2.71. The molecule has 0 radical (unpaired) electrons. The number of carbonyl (C=O) groups is 3. The van der Waals surface area contributed by atoms with Gasteiger partial charge in [0.05, 0.1) is 13.2 Å². The molecule has 1 aliphatic rings. The molecule has 0 heterocycles. The SMILES string of the molecule is CC(=O)OC[C@@H](C)CCC[C@H](COC(C)=O)[C@@H]1CC[C@H](C)c2c1cc(C(=O)O)c(O)c2O. The number of carboxylic acids is 1. The Morgan fingerprint density at radius 2 is 1.66 bits per heavy atom. The second-order valence-corrected chi connectivity index (χ2v) is 8.92. The van der Waals surface area contributed by atoms with Crippen molar-refractivity contribution in [2.75, 3.05) is 13.2 Å². The van der Waals surface area contributed by atoms with Crippen molar-refractivity contribution in [2.24, 2.45) is 11.8 Å². The van der Waals surface area contributed by atoms with E-state index < -0.39 is 11.7 Å². The lowest BCUT2D eigenvalue weighted by atomic mass is 9.70. The van der Waals surface area contributed by atoms with Gasteiger partial charge in [0.25, 0.3) is 0 Å². The first-order chi connectivity index (χ1) is 15.0. The summed E-state index contributed by atoms with van der Waals surface area (Å²) in [6, 6.07) is 1.46. The number of hydrogen-bond acceptors (Lipinski definition) is 7. The molecule has 1 aromatic carbocycles. The molecule has 3 N–H and O–H groups in total. The predicted molar refractivity (Wildman–Crippen MR) is 117 cm³/mol. The largest absolute Gasteiger partial charge is 0.504 e. The van der Waals surface area contributed by atoms with Gasteiger partial charge in [0.15, 0.2) is 11.5 Å². The molecule has 0 aromatic heterocycles. The summed E-state index contributed by atoms with van der Waals surface area (Å²) in [6.07, 6.45) is 3.87. The van der Waals surface area contributed by atoms with Crippen molar-refractivity contribution < 1.29 is 39.2 Å². The Bertz CT molecular complexity index is 847. The van der Waals surface area contributed by atoms with E-state index in [-0.39, 0.29) is 53.5 Å². The van der Waals surface area contributed by atoms with Crippen LogP contribution in [0.25, 0.3) is 0 Å². The van der Waals surface area contributed by atoms with Gasteiger partial charge in [-0.2, -0.15) is 0 Å². The highest BCUT2D eigenvalue weighted by Gasteiger charge is 2.35. The van der Waals surface area contributed by atoms with Crippen molar-refractivity contribution in [3.63, 3.8) is 0 Å². The van der Waals surface area contributed by atoms with Crippen molar-refractivity contribution in [3.8, 4) is 11.5 Å². The van der Waals surface area contributed by atoms with Crippen molar-refractivity contribution >= 4 is 17.9 Å². The highest BCUT2D eigenvalue weighted by molar-refractivity contribution is 5.92. The predicted octanol–water partition coefficient (Wildman–Crippen LogP) is 4.33. The number of ether oxygens (including phenoxy) is 2. The highest BCUT2D eigenvalue weighted by atomic mass is 16.5. The summed E-state index contributed by atoms with van der Waals surface area (Å²) in [5.41, 5.74) is 0.933. The summed E-state index contributed by atoms with van der Waals surface area (Å²) in [4.78, 5) is 34.1. The zero-order valence-corrected chi connectivity index (χ0v) is 19.2. The van der Waals surface area contributed by atoms with Gasteiger partial charge in [0.2, 0.25) is 0 Å². The molecule has 1 aromatic rings. The molecule has 178 valence electrons. The van der Waals surface area contributed by atoms with E-state index in [0.717, 1.165) is 32.1 Å². The molecule has 1 aliphatic carbocycles. The average molecular weight is 451 g/mol. The number of phenols is 2. The number of fused-ring (bicyclic) bond motifs is 1. The molecular weight excluding hydrogens is 416 g/mol. The summed E-state index contributed by atoms with van der Waals surface area (Å²) in [7, 11) is 0. The maximum absolute atomic E-state index is 11.6. The Hall–Kier alpha value is -2.77. The van der Waals surface area contributed by atoms with E-state index in [4.69, 9.17) is 9.47 Å². The third-order valence-corrected chi connectivity index (χ3v) is 6.29. The van der Waals surface area contributed by atoms with E-state index in [9.17, 15) is 29.7 Å². The molecule has 8 heteroatoms. The molecule has 0 saturated heterocycles. The minimum atomic E-state index is -1.31. The monoisotopic (exact) mass is 450 g/mol. The van der Waals surface area contributed by atoms with Crippen LogP contribution in [0.5, 0.6) is 11.5 Å². The number of esters is 2.